The molecule has 2 fully saturated rings. The molecule has 0 aliphatic carbocycles. The van der Waals surface area contributed by atoms with Gasteiger partial charge in [0.15, 0.2) is 0 Å². The van der Waals surface area contributed by atoms with Crippen molar-refractivity contribution in [2.24, 2.45) is 5.92 Å². The molecule has 2 amide bonds. The first kappa shape index (κ1) is 23.3. The fourth-order valence-corrected chi connectivity index (χ4v) is 6.22. The number of ether oxygens (including phenoxy) is 1. The van der Waals surface area contributed by atoms with Gasteiger partial charge in [-0.25, -0.2) is 4.79 Å². The highest BCUT2D eigenvalue weighted by Crippen LogP contribution is 2.54. The van der Waals surface area contributed by atoms with E-state index in [0.29, 0.717) is 12.2 Å². The summed E-state index contributed by atoms with van der Waals surface area (Å²) in [6.45, 7) is 6.06. The number of hydrogen-bond acceptors (Lipinski definition) is 6. The van der Waals surface area contributed by atoms with Gasteiger partial charge in [-0.2, -0.15) is 0 Å². The quantitative estimate of drug-likeness (QED) is 0.497. The molecule has 4 atom stereocenters. The van der Waals surface area contributed by atoms with Crippen molar-refractivity contribution in [1.29, 1.82) is 0 Å². The zero-order chi connectivity index (χ0) is 23.8. The van der Waals surface area contributed by atoms with Crippen LogP contribution in [0.3, 0.4) is 0 Å². The van der Waals surface area contributed by atoms with E-state index in [0.717, 1.165) is 5.56 Å². The SMILES string of the molecule is CCN(C(=O)[C@@H](O)[C@@H]1C(=O)N2[C@@H]1SC(C)(C)[C@@H]2C(=O)OCc1ccccc1)c1ccccc1. The highest BCUT2D eigenvalue weighted by atomic mass is 32.2. The molecule has 7 nitrogen and oxygen atoms in total. The van der Waals surface area contributed by atoms with E-state index in [1.807, 2.05) is 69.3 Å². The number of carbonyl (C=O) groups is 3. The van der Waals surface area contributed by atoms with Crippen LogP contribution in [0.5, 0.6) is 0 Å². The molecule has 4 rings (SSSR count). The van der Waals surface area contributed by atoms with Crippen molar-refractivity contribution in [3.05, 3.63) is 66.2 Å². The Morgan fingerprint density at radius 3 is 2.33 bits per heavy atom. The molecule has 0 aromatic heterocycles. The highest BCUT2D eigenvalue weighted by molar-refractivity contribution is 8.01. The Labute approximate surface area is 197 Å². The maximum Gasteiger partial charge on any atom is 0.330 e. The number of carbonyl (C=O) groups excluding carboxylic acids is 3. The van der Waals surface area contributed by atoms with E-state index >= 15 is 0 Å². The minimum absolute atomic E-state index is 0.122. The van der Waals surface area contributed by atoms with Gasteiger partial charge in [0.25, 0.3) is 5.91 Å². The second kappa shape index (κ2) is 9.19. The van der Waals surface area contributed by atoms with Crippen LogP contribution in [-0.4, -0.2) is 56.6 Å². The summed E-state index contributed by atoms with van der Waals surface area (Å²) < 4.78 is 4.91. The third-order valence-electron chi connectivity index (χ3n) is 6.17. The zero-order valence-electron chi connectivity index (χ0n) is 18.9. The van der Waals surface area contributed by atoms with Crippen LogP contribution in [0.15, 0.2) is 60.7 Å². The Morgan fingerprint density at radius 1 is 1.12 bits per heavy atom. The molecule has 174 valence electrons. The number of fused-ring (bicyclic) bond motifs is 1. The van der Waals surface area contributed by atoms with Gasteiger partial charge in [0, 0.05) is 17.0 Å². The largest absolute Gasteiger partial charge is 0.459 e. The van der Waals surface area contributed by atoms with E-state index < -0.39 is 46.0 Å². The monoisotopic (exact) mass is 468 g/mol. The number of β-lactam (4-membered cyclic amide) rings is 1. The normalized spacial score (nSPS) is 23.9. The van der Waals surface area contributed by atoms with Crippen LogP contribution < -0.4 is 4.90 Å². The second-order valence-corrected chi connectivity index (χ2v) is 10.5. The Bertz CT molecular complexity index is 1030. The number of aliphatic hydroxyl groups excluding tert-OH is 1. The van der Waals surface area contributed by atoms with Gasteiger partial charge in [-0.1, -0.05) is 48.5 Å². The third kappa shape index (κ3) is 4.25. The number of hydrogen-bond donors (Lipinski definition) is 1. The van der Waals surface area contributed by atoms with Crippen LogP contribution in [-0.2, 0) is 25.7 Å². The van der Waals surface area contributed by atoms with Gasteiger partial charge in [-0.15, -0.1) is 11.8 Å². The standard InChI is InChI=1S/C25H28N2O5S/c1-4-26(17-13-9-6-10-14-17)22(30)19(28)18-21(29)27-20(25(2,3)33-23(18)27)24(31)32-15-16-11-7-5-8-12-16/h5-14,18-20,23,28H,4,15H2,1-3H3/t18-,19+,20+,23-/m1/s1. The van der Waals surface area contributed by atoms with Crippen molar-refractivity contribution in [2.45, 2.75) is 49.6 Å². The van der Waals surface area contributed by atoms with Crippen molar-refractivity contribution in [1.82, 2.24) is 4.90 Å². The molecule has 0 bridgehead atoms. The van der Waals surface area contributed by atoms with Gasteiger partial charge < -0.3 is 19.6 Å². The van der Waals surface area contributed by atoms with Crippen molar-refractivity contribution in [3.8, 4) is 0 Å². The molecular formula is C25H28N2O5S. The summed E-state index contributed by atoms with van der Waals surface area (Å²) in [5.74, 6) is -2.29. The minimum atomic E-state index is -1.48. The molecule has 2 aliphatic heterocycles. The summed E-state index contributed by atoms with van der Waals surface area (Å²) >= 11 is 1.42. The van der Waals surface area contributed by atoms with Crippen molar-refractivity contribution < 1.29 is 24.2 Å². The van der Waals surface area contributed by atoms with Gasteiger partial charge in [0.1, 0.15) is 24.7 Å². The lowest BCUT2D eigenvalue weighted by Gasteiger charge is -2.45. The van der Waals surface area contributed by atoms with E-state index in [2.05, 4.69) is 0 Å². The first-order valence-electron chi connectivity index (χ1n) is 11.0. The molecule has 33 heavy (non-hydrogen) atoms. The Morgan fingerprint density at radius 2 is 1.73 bits per heavy atom. The average molecular weight is 469 g/mol. The molecule has 0 radical (unpaired) electrons. The van der Waals surface area contributed by atoms with E-state index in [1.54, 1.807) is 12.1 Å². The molecule has 2 saturated heterocycles. The minimum Gasteiger partial charge on any atom is -0.459 e. The number of amides is 2. The van der Waals surface area contributed by atoms with E-state index in [1.165, 1.54) is 21.6 Å². The van der Waals surface area contributed by atoms with Gasteiger partial charge in [-0.05, 0) is 38.5 Å². The second-order valence-electron chi connectivity index (χ2n) is 8.74. The molecule has 0 unspecified atom stereocenters. The molecule has 1 N–H and O–H groups in total. The molecule has 2 aliphatic rings. The highest BCUT2D eigenvalue weighted by Gasteiger charge is 2.66. The topological polar surface area (TPSA) is 87.2 Å². The van der Waals surface area contributed by atoms with E-state index in [9.17, 15) is 19.5 Å². The number of esters is 1. The lowest BCUT2D eigenvalue weighted by atomic mass is 9.87. The zero-order valence-corrected chi connectivity index (χ0v) is 19.7. The van der Waals surface area contributed by atoms with Crippen LogP contribution in [0.2, 0.25) is 0 Å². The number of para-hydroxylation sites is 1. The number of aliphatic hydroxyl groups is 1. The fraction of sp³-hybridized carbons (Fsp3) is 0.400. The molecule has 8 heteroatoms. The van der Waals surface area contributed by atoms with E-state index in [4.69, 9.17) is 4.74 Å². The Balaban J connectivity index is 1.47. The number of likely N-dealkylation sites (N-methyl/N-ethyl adjacent to an activating group) is 1. The lowest BCUT2D eigenvalue weighted by Crippen LogP contribution is -2.67. The van der Waals surface area contributed by atoms with Crippen molar-refractivity contribution >= 4 is 35.2 Å². The van der Waals surface area contributed by atoms with Crippen LogP contribution in [0.4, 0.5) is 5.69 Å². The van der Waals surface area contributed by atoms with Crippen molar-refractivity contribution in [2.75, 3.05) is 11.4 Å². The first-order chi connectivity index (χ1) is 15.8. The van der Waals surface area contributed by atoms with Gasteiger partial charge in [0.05, 0.1) is 5.37 Å². The number of benzene rings is 2. The number of nitrogens with zero attached hydrogens (tertiary/aromatic N) is 2. The molecule has 0 spiro atoms. The summed E-state index contributed by atoms with van der Waals surface area (Å²) in [6.07, 6.45) is -1.48. The third-order valence-corrected chi connectivity index (χ3v) is 7.77. The molecule has 2 aromatic rings. The van der Waals surface area contributed by atoms with Gasteiger partial charge in [-0.3, -0.25) is 9.59 Å². The van der Waals surface area contributed by atoms with Gasteiger partial charge in [0.2, 0.25) is 5.91 Å². The summed E-state index contributed by atoms with van der Waals surface area (Å²) in [6, 6.07) is 17.6. The van der Waals surface area contributed by atoms with Crippen LogP contribution >= 0.6 is 11.8 Å². The van der Waals surface area contributed by atoms with E-state index in [-0.39, 0.29) is 6.61 Å². The lowest BCUT2D eigenvalue weighted by molar-refractivity contribution is -0.173. The molecule has 0 saturated carbocycles. The summed E-state index contributed by atoms with van der Waals surface area (Å²) in [4.78, 5) is 42.1. The number of thioether (sulfide) groups is 1. The Hall–Kier alpha value is -2.84. The number of anilines is 1. The van der Waals surface area contributed by atoms with Gasteiger partial charge >= 0.3 is 5.97 Å². The van der Waals surface area contributed by atoms with Crippen LogP contribution in [0.25, 0.3) is 0 Å². The van der Waals surface area contributed by atoms with Crippen molar-refractivity contribution in [3.63, 3.8) is 0 Å². The number of rotatable bonds is 7. The first-order valence-corrected chi connectivity index (χ1v) is 11.9. The predicted octanol–water partition coefficient (Wildman–Crippen LogP) is 2.82. The predicted molar refractivity (Wildman–Crippen MR) is 126 cm³/mol. The molecular weight excluding hydrogens is 440 g/mol. The maximum atomic E-state index is 13.1. The van der Waals surface area contributed by atoms with Crippen LogP contribution in [0.1, 0.15) is 26.3 Å². The smallest absolute Gasteiger partial charge is 0.330 e. The fourth-order valence-electron chi connectivity index (χ4n) is 4.51. The average Bonchev–Trinajstić information content (AvgIpc) is 3.06. The maximum absolute atomic E-state index is 13.1. The molecule has 2 heterocycles. The molecule has 2 aromatic carbocycles. The summed E-state index contributed by atoms with van der Waals surface area (Å²) in [7, 11) is 0. The Kier molecular flexibility index (Phi) is 6.50. The van der Waals surface area contributed by atoms with Crippen LogP contribution in [0, 0.1) is 5.92 Å². The summed E-state index contributed by atoms with van der Waals surface area (Å²) in [5, 5.41) is 10.4. The summed E-state index contributed by atoms with van der Waals surface area (Å²) in [5.41, 5.74) is 1.52.